The van der Waals surface area contributed by atoms with Gasteiger partial charge in [-0.25, -0.2) is 4.98 Å². The van der Waals surface area contributed by atoms with E-state index in [1.54, 1.807) is 11.1 Å². The molecular weight excluding hydrogens is 283 g/mol. The molecule has 2 rings (SSSR count). The number of hydrogen-bond donors (Lipinski definition) is 2. The normalized spacial score (nSPS) is 8.89. The van der Waals surface area contributed by atoms with Crippen LogP contribution < -0.4 is 10.6 Å². The molecule has 0 aliphatic carbocycles. The molecule has 6 heteroatoms. The molecule has 1 aromatic carbocycles. The van der Waals surface area contributed by atoms with Crippen molar-refractivity contribution in [3.8, 4) is 0 Å². The van der Waals surface area contributed by atoms with Crippen LogP contribution in [0.5, 0.6) is 0 Å². The molecule has 0 fully saturated rings. The monoisotopic (exact) mass is 298 g/mol. The lowest BCUT2D eigenvalue weighted by Crippen LogP contribution is -2.33. The second-order valence-electron chi connectivity index (χ2n) is 3.70. The molecule has 4 nitrogen and oxygen atoms in total. The minimum atomic E-state index is -0.0435. The highest BCUT2D eigenvalue weighted by atomic mass is 35.5. The van der Waals surface area contributed by atoms with Gasteiger partial charge in [-0.3, -0.25) is 10.3 Å². The zero-order chi connectivity index (χ0) is 12.3. The Kier molecular flexibility index (Phi) is 6.90. The first kappa shape index (κ1) is 17.2. The van der Waals surface area contributed by atoms with Gasteiger partial charge in [-0.1, -0.05) is 24.3 Å². The number of pyridine rings is 1. The Morgan fingerprint density at radius 3 is 2.26 bits per heavy atom. The van der Waals surface area contributed by atoms with E-state index in [-0.39, 0.29) is 30.8 Å². The van der Waals surface area contributed by atoms with E-state index < -0.39 is 0 Å². The number of benzene rings is 1. The molecule has 0 saturated heterocycles. The fraction of sp³-hybridized carbons (Fsp3) is 0.0769. The molecule has 0 bridgehead atoms. The molecule has 3 N–H and O–H groups in total. The molecule has 0 saturated carbocycles. The third-order valence-corrected chi connectivity index (χ3v) is 2.45. The van der Waals surface area contributed by atoms with Gasteiger partial charge in [0.05, 0.1) is 5.69 Å². The highest BCUT2D eigenvalue weighted by Gasteiger charge is 2.14. The van der Waals surface area contributed by atoms with Gasteiger partial charge in [0.25, 0.3) is 0 Å². The fourth-order valence-corrected chi connectivity index (χ4v) is 1.66. The van der Waals surface area contributed by atoms with Crippen LogP contribution in [0, 0.1) is 12.3 Å². The minimum Gasteiger partial charge on any atom is -0.369 e. The van der Waals surface area contributed by atoms with E-state index in [0.717, 1.165) is 11.3 Å². The van der Waals surface area contributed by atoms with E-state index in [0.29, 0.717) is 5.82 Å². The van der Waals surface area contributed by atoms with Crippen LogP contribution in [0.2, 0.25) is 0 Å². The van der Waals surface area contributed by atoms with Crippen LogP contribution in [-0.2, 0) is 0 Å². The number of anilines is 2. The van der Waals surface area contributed by atoms with E-state index >= 15 is 0 Å². The molecule has 1 heterocycles. The zero-order valence-electron chi connectivity index (χ0n) is 10.4. The van der Waals surface area contributed by atoms with E-state index in [4.69, 9.17) is 11.1 Å². The smallest absolute Gasteiger partial charge is 0.198 e. The first-order chi connectivity index (χ1) is 8.20. The van der Waals surface area contributed by atoms with E-state index in [9.17, 15) is 0 Å². The largest absolute Gasteiger partial charge is 0.369 e. The molecule has 2 aromatic rings. The van der Waals surface area contributed by atoms with Crippen molar-refractivity contribution < 1.29 is 0 Å². The van der Waals surface area contributed by atoms with Gasteiger partial charge in [0.1, 0.15) is 5.82 Å². The van der Waals surface area contributed by atoms with Crippen LogP contribution in [0.15, 0.2) is 48.7 Å². The number of aromatic nitrogens is 1. The molecule has 0 spiro atoms. The Balaban J connectivity index is 0.00000162. The highest BCUT2D eigenvalue weighted by Crippen LogP contribution is 2.25. The Hall–Kier alpha value is -1.78. The number of aryl methyl sites for hydroxylation is 1. The summed E-state index contributed by atoms with van der Waals surface area (Å²) < 4.78 is 0. The summed E-state index contributed by atoms with van der Waals surface area (Å²) in [6.45, 7) is 1.95. The number of nitrogens with two attached hydrogens (primary N) is 1. The Morgan fingerprint density at radius 2 is 1.74 bits per heavy atom. The van der Waals surface area contributed by atoms with Crippen molar-refractivity contribution in [3.63, 3.8) is 0 Å². The van der Waals surface area contributed by atoms with Crippen LogP contribution in [0.3, 0.4) is 0 Å². The summed E-state index contributed by atoms with van der Waals surface area (Å²) in [5.41, 5.74) is 7.45. The maximum atomic E-state index is 7.69. The molecule has 0 radical (unpaired) electrons. The van der Waals surface area contributed by atoms with Crippen LogP contribution in [0.25, 0.3) is 0 Å². The molecule has 1 aromatic heterocycles. The quantitative estimate of drug-likeness (QED) is 0.660. The lowest BCUT2D eigenvalue weighted by Gasteiger charge is -2.23. The van der Waals surface area contributed by atoms with Crippen molar-refractivity contribution in [1.29, 1.82) is 5.41 Å². The van der Waals surface area contributed by atoms with Gasteiger partial charge in [0, 0.05) is 6.20 Å². The molecule has 0 atom stereocenters. The van der Waals surface area contributed by atoms with Crippen LogP contribution in [0.1, 0.15) is 5.56 Å². The summed E-state index contributed by atoms with van der Waals surface area (Å²) in [4.78, 5) is 5.90. The van der Waals surface area contributed by atoms with E-state index in [2.05, 4.69) is 4.98 Å². The number of para-hydroxylation sites is 1. The van der Waals surface area contributed by atoms with Gasteiger partial charge < -0.3 is 5.73 Å². The SMILES string of the molecule is Cc1cccnc1N(C(=N)N)c1ccccc1.Cl.Cl. The number of halogens is 2. The Morgan fingerprint density at radius 1 is 1.11 bits per heavy atom. The van der Waals surface area contributed by atoms with E-state index in [1.165, 1.54) is 0 Å². The summed E-state index contributed by atoms with van der Waals surface area (Å²) in [5.74, 6) is 0.643. The van der Waals surface area contributed by atoms with Crippen molar-refractivity contribution in [1.82, 2.24) is 4.98 Å². The van der Waals surface area contributed by atoms with Crippen molar-refractivity contribution in [2.45, 2.75) is 6.92 Å². The second kappa shape index (κ2) is 7.61. The van der Waals surface area contributed by atoms with Crippen molar-refractivity contribution >= 4 is 42.3 Å². The highest BCUT2D eigenvalue weighted by molar-refractivity contribution is 5.99. The summed E-state index contributed by atoms with van der Waals surface area (Å²) >= 11 is 0. The van der Waals surface area contributed by atoms with Gasteiger partial charge in [-0.15, -0.1) is 24.8 Å². The minimum absolute atomic E-state index is 0. The lowest BCUT2D eigenvalue weighted by molar-refractivity contribution is 1.15. The molecule has 0 aliphatic heterocycles. The molecule has 102 valence electrons. The summed E-state index contributed by atoms with van der Waals surface area (Å²) in [6.07, 6.45) is 1.70. The van der Waals surface area contributed by atoms with E-state index in [1.807, 2.05) is 49.4 Å². The van der Waals surface area contributed by atoms with Crippen LogP contribution >= 0.6 is 24.8 Å². The first-order valence-electron chi connectivity index (χ1n) is 5.31. The number of rotatable bonds is 2. The zero-order valence-corrected chi connectivity index (χ0v) is 12.0. The first-order valence-corrected chi connectivity index (χ1v) is 5.31. The number of guanidine groups is 1. The van der Waals surface area contributed by atoms with Gasteiger partial charge in [0.2, 0.25) is 0 Å². The maximum absolute atomic E-state index is 7.69. The van der Waals surface area contributed by atoms with Crippen molar-refractivity contribution in [2.75, 3.05) is 4.90 Å². The average Bonchev–Trinajstić information content (AvgIpc) is 2.33. The summed E-state index contributed by atoms with van der Waals surface area (Å²) in [5, 5.41) is 7.69. The average molecular weight is 299 g/mol. The molecule has 19 heavy (non-hydrogen) atoms. The standard InChI is InChI=1S/C13H14N4.2ClH/c1-10-6-5-9-16-12(10)17(13(14)15)11-7-3-2-4-8-11;;/h2-9H,1H3,(H3,14,15);2*1H. The van der Waals surface area contributed by atoms with Gasteiger partial charge >= 0.3 is 0 Å². The summed E-state index contributed by atoms with van der Waals surface area (Å²) in [7, 11) is 0. The third-order valence-electron chi connectivity index (χ3n) is 2.45. The van der Waals surface area contributed by atoms with Crippen molar-refractivity contribution in [2.24, 2.45) is 5.73 Å². The number of nitrogens with zero attached hydrogens (tertiary/aromatic N) is 2. The predicted molar refractivity (Wildman–Crippen MR) is 84.0 cm³/mol. The van der Waals surface area contributed by atoms with Gasteiger partial charge in [-0.05, 0) is 30.7 Å². The van der Waals surface area contributed by atoms with Crippen LogP contribution in [0.4, 0.5) is 11.5 Å². The lowest BCUT2D eigenvalue weighted by atomic mass is 10.2. The third kappa shape index (κ3) is 3.84. The van der Waals surface area contributed by atoms with Gasteiger partial charge in [-0.2, -0.15) is 0 Å². The number of hydrogen-bond acceptors (Lipinski definition) is 2. The fourth-order valence-electron chi connectivity index (χ4n) is 1.66. The molecule has 0 amide bonds. The summed E-state index contributed by atoms with van der Waals surface area (Å²) in [6, 6.07) is 13.3. The molecule has 0 unspecified atom stereocenters. The molecule has 0 aliphatic rings. The van der Waals surface area contributed by atoms with Gasteiger partial charge in [0.15, 0.2) is 5.96 Å². The maximum Gasteiger partial charge on any atom is 0.198 e. The number of nitrogens with one attached hydrogen (secondary N) is 1. The predicted octanol–water partition coefficient (Wildman–Crippen LogP) is 3.27. The Labute approximate surface area is 125 Å². The Bertz CT molecular complexity index is 531. The second-order valence-corrected chi connectivity index (χ2v) is 3.70. The molecular formula is C13H16Cl2N4. The van der Waals surface area contributed by atoms with Crippen LogP contribution in [-0.4, -0.2) is 10.9 Å². The van der Waals surface area contributed by atoms with Crippen molar-refractivity contribution in [3.05, 3.63) is 54.2 Å². The topological polar surface area (TPSA) is 66.0 Å².